The summed E-state index contributed by atoms with van der Waals surface area (Å²) in [6.07, 6.45) is 1.79. The van der Waals surface area contributed by atoms with E-state index in [9.17, 15) is 0 Å². The van der Waals surface area contributed by atoms with Crippen LogP contribution in [0.5, 0.6) is 5.75 Å². The van der Waals surface area contributed by atoms with Crippen molar-refractivity contribution in [2.45, 2.75) is 19.8 Å². The topological polar surface area (TPSA) is 73.1 Å². The maximum atomic E-state index is 5.80. The zero-order valence-corrected chi connectivity index (χ0v) is 13.1. The highest BCUT2D eigenvalue weighted by atomic mass is 79.9. The lowest BCUT2D eigenvalue weighted by Crippen LogP contribution is -2.03. The van der Waals surface area contributed by atoms with Crippen LogP contribution in [0.2, 0.25) is 0 Å². The number of hydrogen-bond acceptors (Lipinski definition) is 5. The second kappa shape index (κ2) is 6.56. The van der Waals surface area contributed by atoms with Crippen LogP contribution in [-0.2, 0) is 6.42 Å². The number of ether oxygens (including phenoxy) is 1. The normalized spacial score (nSPS) is 10.3. The van der Waals surface area contributed by atoms with Gasteiger partial charge >= 0.3 is 0 Å². The van der Waals surface area contributed by atoms with Crippen LogP contribution in [0.4, 0.5) is 17.3 Å². The molecule has 0 radical (unpaired) electrons. The van der Waals surface area contributed by atoms with Crippen molar-refractivity contribution < 1.29 is 4.74 Å². The van der Waals surface area contributed by atoms with Gasteiger partial charge in [-0.15, -0.1) is 0 Å². The van der Waals surface area contributed by atoms with E-state index in [0.29, 0.717) is 11.6 Å². The van der Waals surface area contributed by atoms with Crippen LogP contribution >= 0.6 is 15.9 Å². The minimum Gasteiger partial charge on any atom is -0.496 e. The second-order valence-corrected chi connectivity index (χ2v) is 5.17. The van der Waals surface area contributed by atoms with Crippen molar-refractivity contribution >= 4 is 33.3 Å². The highest BCUT2D eigenvalue weighted by Gasteiger charge is 2.05. The maximum absolute atomic E-state index is 5.80. The summed E-state index contributed by atoms with van der Waals surface area (Å²) in [5, 5.41) is 3.22. The summed E-state index contributed by atoms with van der Waals surface area (Å²) in [5.41, 5.74) is 6.70. The van der Waals surface area contributed by atoms with Gasteiger partial charge in [0.1, 0.15) is 23.2 Å². The molecule has 0 aliphatic carbocycles. The van der Waals surface area contributed by atoms with Crippen molar-refractivity contribution in [3.63, 3.8) is 0 Å². The van der Waals surface area contributed by atoms with Gasteiger partial charge in [0, 0.05) is 18.2 Å². The van der Waals surface area contributed by atoms with Crippen LogP contribution in [0.3, 0.4) is 0 Å². The molecule has 0 atom stereocenters. The molecule has 1 aromatic heterocycles. The van der Waals surface area contributed by atoms with Gasteiger partial charge < -0.3 is 15.8 Å². The predicted molar refractivity (Wildman–Crippen MR) is 84.4 cm³/mol. The summed E-state index contributed by atoms with van der Waals surface area (Å²) in [6, 6.07) is 7.44. The fourth-order valence-electron chi connectivity index (χ4n) is 1.81. The molecule has 0 bridgehead atoms. The molecule has 0 amide bonds. The van der Waals surface area contributed by atoms with E-state index < -0.39 is 0 Å². The Morgan fingerprint density at radius 3 is 2.75 bits per heavy atom. The van der Waals surface area contributed by atoms with Crippen LogP contribution in [0.15, 0.2) is 28.7 Å². The fraction of sp³-hybridized carbons (Fsp3) is 0.286. The maximum Gasteiger partial charge on any atom is 0.136 e. The molecule has 1 heterocycles. The molecule has 0 aliphatic rings. The zero-order valence-electron chi connectivity index (χ0n) is 11.5. The molecule has 106 valence electrons. The number of nitrogens with one attached hydrogen (secondary N) is 1. The quantitative estimate of drug-likeness (QED) is 0.873. The zero-order chi connectivity index (χ0) is 14.5. The Bertz CT molecular complexity index is 604. The van der Waals surface area contributed by atoms with Crippen molar-refractivity contribution in [1.82, 2.24) is 9.97 Å². The average molecular weight is 337 g/mol. The van der Waals surface area contributed by atoms with Gasteiger partial charge in [-0.25, -0.2) is 9.97 Å². The molecule has 0 unspecified atom stereocenters. The van der Waals surface area contributed by atoms with E-state index in [1.165, 1.54) is 0 Å². The lowest BCUT2D eigenvalue weighted by molar-refractivity contribution is 0.412. The minimum atomic E-state index is 0.471. The van der Waals surface area contributed by atoms with Crippen LogP contribution in [-0.4, -0.2) is 17.1 Å². The molecule has 3 N–H and O–H groups in total. The summed E-state index contributed by atoms with van der Waals surface area (Å²) in [7, 11) is 1.63. The molecule has 1 aromatic carbocycles. The Kier molecular flexibility index (Phi) is 4.79. The van der Waals surface area contributed by atoms with Gasteiger partial charge in [-0.2, -0.15) is 0 Å². The van der Waals surface area contributed by atoms with Crippen LogP contribution < -0.4 is 15.8 Å². The Morgan fingerprint density at radius 1 is 1.30 bits per heavy atom. The first-order valence-corrected chi connectivity index (χ1v) is 7.15. The van der Waals surface area contributed by atoms with Crippen molar-refractivity contribution in [3.8, 4) is 5.75 Å². The second-order valence-electron chi connectivity index (χ2n) is 4.32. The molecule has 20 heavy (non-hydrogen) atoms. The van der Waals surface area contributed by atoms with Crippen molar-refractivity contribution in [1.29, 1.82) is 0 Å². The van der Waals surface area contributed by atoms with Crippen molar-refractivity contribution in [2.24, 2.45) is 0 Å². The van der Waals surface area contributed by atoms with Gasteiger partial charge in [0.15, 0.2) is 0 Å². The van der Waals surface area contributed by atoms with E-state index in [4.69, 9.17) is 10.5 Å². The molecule has 6 heteroatoms. The smallest absolute Gasteiger partial charge is 0.136 e. The third kappa shape index (κ3) is 3.60. The molecular formula is C14H17BrN4O. The number of nitrogen functional groups attached to an aromatic ring is 1. The largest absolute Gasteiger partial charge is 0.496 e. The van der Waals surface area contributed by atoms with Gasteiger partial charge in [0.2, 0.25) is 0 Å². The SMILES string of the molecule is CCCc1nc(N)cc(Nc2ccc(OC)c(Br)c2)n1. The van der Waals surface area contributed by atoms with E-state index in [1.54, 1.807) is 13.2 Å². The molecule has 0 fully saturated rings. The number of nitrogens with zero attached hydrogens (tertiary/aromatic N) is 2. The van der Waals surface area contributed by atoms with Gasteiger partial charge in [0.05, 0.1) is 11.6 Å². The van der Waals surface area contributed by atoms with Gasteiger partial charge in [0.25, 0.3) is 0 Å². The van der Waals surface area contributed by atoms with E-state index in [-0.39, 0.29) is 0 Å². The number of hydrogen-bond donors (Lipinski definition) is 2. The third-order valence-corrected chi connectivity index (χ3v) is 3.31. The van der Waals surface area contributed by atoms with E-state index >= 15 is 0 Å². The van der Waals surface area contributed by atoms with Crippen LogP contribution in [0.25, 0.3) is 0 Å². The highest BCUT2D eigenvalue weighted by molar-refractivity contribution is 9.10. The number of benzene rings is 1. The summed E-state index contributed by atoms with van der Waals surface area (Å²) >= 11 is 3.45. The number of rotatable bonds is 5. The number of halogens is 1. The molecule has 2 aromatic rings. The summed E-state index contributed by atoms with van der Waals surface area (Å²) in [6.45, 7) is 2.08. The van der Waals surface area contributed by atoms with Crippen molar-refractivity contribution in [3.05, 3.63) is 34.6 Å². The lowest BCUT2D eigenvalue weighted by Gasteiger charge is -2.10. The van der Waals surface area contributed by atoms with Crippen LogP contribution in [0.1, 0.15) is 19.2 Å². The average Bonchev–Trinajstić information content (AvgIpc) is 2.38. The Labute approximate surface area is 126 Å². The number of nitrogens with two attached hydrogens (primary N) is 1. The lowest BCUT2D eigenvalue weighted by atomic mass is 10.3. The number of methoxy groups -OCH3 is 1. The molecule has 0 spiro atoms. The standard InChI is InChI=1S/C14H17BrN4O/c1-3-4-13-18-12(16)8-14(19-13)17-9-5-6-11(20-2)10(15)7-9/h5-8H,3-4H2,1-2H3,(H3,16,17,18,19). The van der Waals surface area contributed by atoms with Crippen LogP contribution in [0, 0.1) is 0 Å². The third-order valence-electron chi connectivity index (χ3n) is 2.69. The monoisotopic (exact) mass is 336 g/mol. The first-order valence-electron chi connectivity index (χ1n) is 6.36. The fourth-order valence-corrected chi connectivity index (χ4v) is 2.35. The molecule has 0 saturated heterocycles. The Hall–Kier alpha value is -1.82. The van der Waals surface area contributed by atoms with Crippen molar-refractivity contribution in [2.75, 3.05) is 18.2 Å². The predicted octanol–water partition coefficient (Wildman–Crippen LogP) is 3.53. The first-order chi connectivity index (χ1) is 9.62. The number of aryl methyl sites for hydroxylation is 1. The minimum absolute atomic E-state index is 0.471. The van der Waals surface area contributed by atoms with E-state index in [1.807, 2.05) is 18.2 Å². The molecule has 5 nitrogen and oxygen atoms in total. The number of anilines is 3. The summed E-state index contributed by atoms with van der Waals surface area (Å²) in [5.74, 6) is 2.70. The number of aromatic nitrogens is 2. The Balaban J connectivity index is 2.23. The highest BCUT2D eigenvalue weighted by Crippen LogP contribution is 2.29. The molecule has 0 saturated carbocycles. The van der Waals surface area contributed by atoms with E-state index in [2.05, 4.69) is 38.1 Å². The Morgan fingerprint density at radius 2 is 2.10 bits per heavy atom. The van der Waals surface area contributed by atoms with E-state index in [0.717, 1.165) is 34.6 Å². The molecule has 2 rings (SSSR count). The van der Waals surface area contributed by atoms with Gasteiger partial charge in [-0.05, 0) is 40.5 Å². The van der Waals surface area contributed by atoms with Gasteiger partial charge in [-0.1, -0.05) is 6.92 Å². The summed E-state index contributed by atoms with van der Waals surface area (Å²) in [4.78, 5) is 8.65. The first kappa shape index (κ1) is 14.6. The van der Waals surface area contributed by atoms with Gasteiger partial charge in [-0.3, -0.25) is 0 Å². The summed E-state index contributed by atoms with van der Waals surface area (Å²) < 4.78 is 6.08. The molecule has 0 aliphatic heterocycles. The molecular weight excluding hydrogens is 320 g/mol.